The molecule has 144 valence electrons. The van der Waals surface area contributed by atoms with E-state index in [2.05, 4.69) is 14.9 Å². The summed E-state index contributed by atoms with van der Waals surface area (Å²) in [6.07, 6.45) is 10.9. The molecule has 4 rings (SSSR count). The lowest BCUT2D eigenvalue weighted by atomic mass is 9.90. The number of imidazole rings is 1. The van der Waals surface area contributed by atoms with Gasteiger partial charge in [0, 0.05) is 31.4 Å². The second-order valence-electron chi connectivity index (χ2n) is 8.21. The van der Waals surface area contributed by atoms with Crippen LogP contribution in [-0.4, -0.2) is 39.0 Å². The van der Waals surface area contributed by atoms with Crippen molar-refractivity contribution in [3.63, 3.8) is 0 Å². The van der Waals surface area contributed by atoms with Crippen LogP contribution in [-0.2, 0) is 13.0 Å². The zero-order valence-electron chi connectivity index (χ0n) is 15.9. The van der Waals surface area contributed by atoms with Gasteiger partial charge in [0.05, 0.1) is 5.56 Å². The third-order valence-corrected chi connectivity index (χ3v) is 6.17. The van der Waals surface area contributed by atoms with Crippen molar-refractivity contribution in [3.8, 4) is 0 Å². The molecule has 0 unspecified atom stereocenters. The zero-order valence-corrected chi connectivity index (χ0v) is 15.9. The Labute approximate surface area is 160 Å². The smallest absolute Gasteiger partial charge is 0.335 e. The van der Waals surface area contributed by atoms with E-state index in [9.17, 15) is 4.79 Å². The van der Waals surface area contributed by atoms with Crippen LogP contribution in [0.3, 0.4) is 0 Å². The van der Waals surface area contributed by atoms with E-state index in [1.54, 1.807) is 12.1 Å². The molecular formula is C22H29N3O2. The summed E-state index contributed by atoms with van der Waals surface area (Å²) in [5, 5.41) is 9.07. The number of nitrogens with one attached hydrogen (secondary N) is 1. The summed E-state index contributed by atoms with van der Waals surface area (Å²) in [6.45, 7) is 3.05. The van der Waals surface area contributed by atoms with Crippen molar-refractivity contribution in [1.29, 1.82) is 0 Å². The van der Waals surface area contributed by atoms with Gasteiger partial charge in [-0.3, -0.25) is 4.90 Å². The van der Waals surface area contributed by atoms with Crippen LogP contribution in [0.5, 0.6) is 0 Å². The maximum absolute atomic E-state index is 11.0. The number of carboxylic acids is 1. The molecule has 27 heavy (non-hydrogen) atoms. The van der Waals surface area contributed by atoms with Gasteiger partial charge in [-0.25, -0.2) is 9.78 Å². The molecule has 1 aromatic carbocycles. The fourth-order valence-corrected chi connectivity index (χ4v) is 4.69. The van der Waals surface area contributed by atoms with Gasteiger partial charge in [-0.2, -0.15) is 0 Å². The summed E-state index contributed by atoms with van der Waals surface area (Å²) >= 11 is 0. The van der Waals surface area contributed by atoms with Crippen molar-refractivity contribution in [2.75, 3.05) is 13.1 Å². The molecule has 2 fully saturated rings. The van der Waals surface area contributed by atoms with Gasteiger partial charge in [-0.05, 0) is 48.9 Å². The Kier molecular flexibility index (Phi) is 5.58. The first-order chi connectivity index (χ1) is 13.2. The van der Waals surface area contributed by atoms with E-state index in [0.29, 0.717) is 11.5 Å². The number of hydrogen-bond acceptors (Lipinski definition) is 3. The molecule has 5 heteroatoms. The van der Waals surface area contributed by atoms with Crippen LogP contribution in [0.25, 0.3) is 0 Å². The number of piperidine rings is 1. The maximum Gasteiger partial charge on any atom is 0.335 e. The Hall–Kier alpha value is -2.14. The van der Waals surface area contributed by atoms with Crippen molar-refractivity contribution in [3.05, 3.63) is 53.1 Å². The summed E-state index contributed by atoms with van der Waals surface area (Å²) in [7, 11) is 0. The minimum atomic E-state index is -0.862. The number of rotatable bonds is 6. The minimum absolute atomic E-state index is 0.360. The topological polar surface area (TPSA) is 69.2 Å². The number of nitrogens with zero attached hydrogens (tertiary/aromatic N) is 2. The molecule has 1 aliphatic carbocycles. The van der Waals surface area contributed by atoms with E-state index in [4.69, 9.17) is 5.11 Å². The Bertz CT molecular complexity index is 762. The highest BCUT2D eigenvalue weighted by Crippen LogP contribution is 2.29. The van der Waals surface area contributed by atoms with Gasteiger partial charge >= 0.3 is 5.97 Å². The van der Waals surface area contributed by atoms with Crippen molar-refractivity contribution >= 4 is 5.97 Å². The van der Waals surface area contributed by atoms with Crippen LogP contribution in [0.15, 0.2) is 30.5 Å². The number of likely N-dealkylation sites (tertiary alicyclic amines) is 1. The Morgan fingerprint density at radius 3 is 2.67 bits per heavy atom. The van der Waals surface area contributed by atoms with Gasteiger partial charge in [0.25, 0.3) is 0 Å². The van der Waals surface area contributed by atoms with E-state index >= 15 is 0 Å². The van der Waals surface area contributed by atoms with E-state index in [1.165, 1.54) is 49.8 Å². The molecule has 2 heterocycles. The first-order valence-electron chi connectivity index (χ1n) is 10.3. The maximum atomic E-state index is 11.0. The molecule has 2 aromatic rings. The average Bonchev–Trinajstić information content (AvgIpc) is 3.35. The lowest BCUT2D eigenvalue weighted by Gasteiger charge is -2.32. The van der Waals surface area contributed by atoms with Gasteiger partial charge in [0.2, 0.25) is 0 Å². The fraction of sp³-hybridized carbons (Fsp3) is 0.545. The van der Waals surface area contributed by atoms with Crippen LogP contribution in [0, 0.1) is 5.92 Å². The Morgan fingerprint density at radius 2 is 1.93 bits per heavy atom. The molecule has 1 saturated heterocycles. The van der Waals surface area contributed by atoms with Crippen molar-refractivity contribution in [1.82, 2.24) is 14.9 Å². The average molecular weight is 367 g/mol. The Morgan fingerprint density at radius 1 is 1.15 bits per heavy atom. The third-order valence-electron chi connectivity index (χ3n) is 6.17. The van der Waals surface area contributed by atoms with Gasteiger partial charge < -0.3 is 10.1 Å². The quantitative estimate of drug-likeness (QED) is 0.802. The van der Waals surface area contributed by atoms with Gasteiger partial charge in [-0.1, -0.05) is 37.8 Å². The van der Waals surface area contributed by atoms with Crippen LogP contribution < -0.4 is 0 Å². The van der Waals surface area contributed by atoms with E-state index in [1.807, 2.05) is 18.3 Å². The first-order valence-corrected chi connectivity index (χ1v) is 10.3. The van der Waals surface area contributed by atoms with Gasteiger partial charge in [0.1, 0.15) is 5.82 Å². The number of carboxylic acid groups (broad SMARTS) is 1. The summed E-state index contributed by atoms with van der Waals surface area (Å²) in [6, 6.07) is 7.41. The normalized spacial score (nSPS) is 21.6. The molecular weight excluding hydrogens is 338 g/mol. The van der Waals surface area contributed by atoms with Gasteiger partial charge in [-0.15, -0.1) is 0 Å². The van der Waals surface area contributed by atoms with E-state index in [-0.39, 0.29) is 0 Å². The molecule has 1 saturated carbocycles. The summed E-state index contributed by atoms with van der Waals surface area (Å²) in [5.74, 6) is 1.58. The second-order valence-corrected chi connectivity index (χ2v) is 8.21. The summed E-state index contributed by atoms with van der Waals surface area (Å²) in [4.78, 5) is 21.7. The van der Waals surface area contributed by atoms with Crippen LogP contribution in [0.1, 0.15) is 71.9 Å². The summed E-state index contributed by atoms with van der Waals surface area (Å²) < 4.78 is 0. The molecule has 2 N–H and O–H groups in total. The molecule has 2 aliphatic rings. The Balaban J connectivity index is 1.34. The lowest BCUT2D eigenvalue weighted by Crippen LogP contribution is -2.34. The standard InChI is InChI=1S/C22H29N3O2/c26-22(27)18-9-7-17(8-10-18)19-6-3-11-25(14-19)15-20-13-23-21(24-20)12-16-4-1-2-5-16/h7-10,13,16,19H,1-6,11-12,14-15H2,(H,23,24)(H,26,27)/t19-/m1/s1. The van der Waals surface area contributed by atoms with Crippen LogP contribution >= 0.6 is 0 Å². The molecule has 0 amide bonds. The van der Waals surface area contributed by atoms with Crippen LogP contribution in [0.2, 0.25) is 0 Å². The fourth-order valence-electron chi connectivity index (χ4n) is 4.69. The van der Waals surface area contributed by atoms with Gasteiger partial charge in [0.15, 0.2) is 0 Å². The third kappa shape index (κ3) is 4.59. The first kappa shape index (κ1) is 18.2. The number of benzene rings is 1. The zero-order chi connectivity index (χ0) is 18.6. The monoisotopic (exact) mass is 367 g/mol. The molecule has 1 aromatic heterocycles. The lowest BCUT2D eigenvalue weighted by molar-refractivity contribution is 0.0697. The number of aromatic carboxylic acids is 1. The number of aromatic nitrogens is 2. The second kappa shape index (κ2) is 8.26. The molecule has 1 aliphatic heterocycles. The molecule has 0 spiro atoms. The molecule has 0 bridgehead atoms. The number of hydrogen-bond donors (Lipinski definition) is 2. The highest BCUT2D eigenvalue weighted by molar-refractivity contribution is 5.87. The predicted molar refractivity (Wildman–Crippen MR) is 105 cm³/mol. The number of carbonyl (C=O) groups is 1. The van der Waals surface area contributed by atoms with Crippen LogP contribution in [0.4, 0.5) is 0 Å². The van der Waals surface area contributed by atoms with E-state index in [0.717, 1.165) is 37.8 Å². The van der Waals surface area contributed by atoms with Crippen molar-refractivity contribution < 1.29 is 9.90 Å². The number of aromatic amines is 1. The van der Waals surface area contributed by atoms with Crippen molar-refractivity contribution in [2.45, 2.75) is 57.4 Å². The number of H-pyrrole nitrogens is 1. The largest absolute Gasteiger partial charge is 0.478 e. The molecule has 1 atom stereocenters. The molecule has 5 nitrogen and oxygen atoms in total. The highest BCUT2D eigenvalue weighted by atomic mass is 16.4. The van der Waals surface area contributed by atoms with Crippen molar-refractivity contribution in [2.24, 2.45) is 5.92 Å². The minimum Gasteiger partial charge on any atom is -0.478 e. The highest BCUT2D eigenvalue weighted by Gasteiger charge is 2.22. The van der Waals surface area contributed by atoms with E-state index < -0.39 is 5.97 Å². The summed E-state index contributed by atoms with van der Waals surface area (Å²) in [5.41, 5.74) is 2.82. The SMILES string of the molecule is O=C(O)c1ccc([C@@H]2CCCN(Cc3cnc(CC4CCCC4)[nH]3)C2)cc1. The molecule has 0 radical (unpaired) electrons. The predicted octanol–water partition coefficient (Wildman–Crippen LogP) is 4.22.